The molecule has 2 unspecified atom stereocenters. The Hall–Kier alpha value is 0.250. The Morgan fingerprint density at radius 2 is 1.93 bits per heavy atom. The lowest BCUT2D eigenvalue weighted by Crippen LogP contribution is -2.44. The Labute approximate surface area is 93.8 Å². The van der Waals surface area contributed by atoms with Gasteiger partial charge in [0.05, 0.1) is 0 Å². The summed E-state index contributed by atoms with van der Waals surface area (Å²) in [5, 5.41) is 0. The summed E-state index contributed by atoms with van der Waals surface area (Å²) in [7, 11) is 0. The number of alkyl halides is 1. The number of nitrogens with zero attached hydrogens (tertiary/aromatic N) is 1. The molecular weight excluding hydrogens is 194 g/mol. The summed E-state index contributed by atoms with van der Waals surface area (Å²) in [4.78, 5) is 2.63. The molecule has 0 amide bonds. The molecule has 0 spiro atoms. The molecule has 1 heterocycles. The molecule has 1 fully saturated rings. The van der Waals surface area contributed by atoms with Gasteiger partial charge in [-0.1, -0.05) is 26.7 Å². The molecule has 14 heavy (non-hydrogen) atoms. The van der Waals surface area contributed by atoms with Crippen LogP contribution in [0.5, 0.6) is 0 Å². The van der Waals surface area contributed by atoms with Crippen molar-refractivity contribution in [3.8, 4) is 0 Å². The van der Waals surface area contributed by atoms with Crippen molar-refractivity contribution in [3.05, 3.63) is 0 Å². The SMILES string of the molecule is CC(C)C(C)N1CCCCCC1CCl. The van der Waals surface area contributed by atoms with Gasteiger partial charge < -0.3 is 0 Å². The lowest BCUT2D eigenvalue weighted by molar-refractivity contribution is 0.126. The largest absolute Gasteiger partial charge is 0.296 e. The van der Waals surface area contributed by atoms with Gasteiger partial charge in [0.25, 0.3) is 0 Å². The Morgan fingerprint density at radius 1 is 1.21 bits per heavy atom. The first-order valence-electron chi connectivity index (χ1n) is 5.98. The normalized spacial score (nSPS) is 27.6. The Bertz CT molecular complexity index is 158. The van der Waals surface area contributed by atoms with Crippen molar-refractivity contribution in [1.82, 2.24) is 4.90 Å². The third-order valence-corrected chi connectivity index (χ3v) is 3.94. The van der Waals surface area contributed by atoms with E-state index >= 15 is 0 Å². The van der Waals surface area contributed by atoms with Gasteiger partial charge in [-0.05, 0) is 32.2 Å². The average Bonchev–Trinajstić information content (AvgIpc) is 2.40. The number of halogens is 1. The fourth-order valence-corrected chi connectivity index (χ4v) is 2.62. The van der Waals surface area contributed by atoms with Crippen LogP contribution in [0.3, 0.4) is 0 Å². The first kappa shape index (κ1) is 12.3. The van der Waals surface area contributed by atoms with Crippen molar-refractivity contribution in [2.24, 2.45) is 5.92 Å². The third kappa shape index (κ3) is 3.13. The fourth-order valence-electron chi connectivity index (χ4n) is 2.28. The molecule has 0 radical (unpaired) electrons. The molecule has 0 aromatic heterocycles. The van der Waals surface area contributed by atoms with Gasteiger partial charge in [0.15, 0.2) is 0 Å². The number of hydrogen-bond donors (Lipinski definition) is 0. The van der Waals surface area contributed by atoms with Gasteiger partial charge in [0, 0.05) is 18.0 Å². The topological polar surface area (TPSA) is 3.24 Å². The van der Waals surface area contributed by atoms with E-state index in [1.54, 1.807) is 0 Å². The molecule has 0 aromatic rings. The van der Waals surface area contributed by atoms with Crippen LogP contribution in [0.15, 0.2) is 0 Å². The van der Waals surface area contributed by atoms with E-state index in [0.29, 0.717) is 12.1 Å². The zero-order valence-electron chi connectivity index (χ0n) is 9.80. The van der Waals surface area contributed by atoms with Crippen molar-refractivity contribution < 1.29 is 0 Å². The van der Waals surface area contributed by atoms with Crippen LogP contribution in [0.4, 0.5) is 0 Å². The second-order valence-electron chi connectivity index (χ2n) is 4.88. The number of rotatable bonds is 3. The fraction of sp³-hybridized carbons (Fsp3) is 1.00. The van der Waals surface area contributed by atoms with E-state index < -0.39 is 0 Å². The average molecular weight is 218 g/mol. The van der Waals surface area contributed by atoms with Gasteiger partial charge in [-0.15, -0.1) is 11.6 Å². The van der Waals surface area contributed by atoms with Gasteiger partial charge in [0.1, 0.15) is 0 Å². The Morgan fingerprint density at radius 3 is 2.50 bits per heavy atom. The summed E-state index contributed by atoms with van der Waals surface area (Å²) >= 11 is 6.05. The molecule has 0 aliphatic carbocycles. The van der Waals surface area contributed by atoms with Crippen LogP contribution in [0.25, 0.3) is 0 Å². The van der Waals surface area contributed by atoms with E-state index in [2.05, 4.69) is 25.7 Å². The van der Waals surface area contributed by atoms with E-state index in [9.17, 15) is 0 Å². The van der Waals surface area contributed by atoms with Crippen LogP contribution in [-0.2, 0) is 0 Å². The summed E-state index contributed by atoms with van der Waals surface area (Å²) < 4.78 is 0. The lowest BCUT2D eigenvalue weighted by atomic mass is 10.0. The highest BCUT2D eigenvalue weighted by molar-refractivity contribution is 6.18. The summed E-state index contributed by atoms with van der Waals surface area (Å²) in [6.45, 7) is 8.20. The lowest BCUT2D eigenvalue weighted by Gasteiger charge is -2.36. The van der Waals surface area contributed by atoms with Gasteiger partial charge in [-0.2, -0.15) is 0 Å². The highest BCUT2D eigenvalue weighted by Gasteiger charge is 2.25. The summed E-state index contributed by atoms with van der Waals surface area (Å²) in [6, 6.07) is 1.30. The highest BCUT2D eigenvalue weighted by atomic mass is 35.5. The van der Waals surface area contributed by atoms with Gasteiger partial charge in [-0.25, -0.2) is 0 Å². The van der Waals surface area contributed by atoms with Gasteiger partial charge in [-0.3, -0.25) is 4.90 Å². The van der Waals surface area contributed by atoms with Crippen molar-refractivity contribution in [1.29, 1.82) is 0 Å². The van der Waals surface area contributed by atoms with Crippen LogP contribution in [-0.4, -0.2) is 29.4 Å². The van der Waals surface area contributed by atoms with Crippen LogP contribution in [0.2, 0.25) is 0 Å². The molecule has 1 saturated heterocycles. The molecular formula is C12H24ClN. The van der Waals surface area contributed by atoms with Crippen LogP contribution < -0.4 is 0 Å². The van der Waals surface area contributed by atoms with Gasteiger partial charge >= 0.3 is 0 Å². The number of hydrogen-bond acceptors (Lipinski definition) is 1. The van der Waals surface area contributed by atoms with E-state index in [1.165, 1.54) is 32.2 Å². The molecule has 1 aliphatic heterocycles. The van der Waals surface area contributed by atoms with Crippen molar-refractivity contribution in [3.63, 3.8) is 0 Å². The zero-order valence-corrected chi connectivity index (χ0v) is 10.6. The minimum atomic E-state index is 0.622. The van der Waals surface area contributed by atoms with E-state index in [-0.39, 0.29) is 0 Å². The summed E-state index contributed by atoms with van der Waals surface area (Å²) in [5.74, 6) is 1.54. The summed E-state index contributed by atoms with van der Waals surface area (Å²) in [6.07, 6.45) is 5.39. The Balaban J connectivity index is 2.60. The predicted octanol–water partition coefficient (Wildman–Crippen LogP) is 3.51. The second-order valence-corrected chi connectivity index (χ2v) is 5.19. The maximum Gasteiger partial charge on any atom is 0.0379 e. The molecule has 84 valence electrons. The first-order valence-corrected chi connectivity index (χ1v) is 6.52. The molecule has 1 aliphatic rings. The quantitative estimate of drug-likeness (QED) is 0.654. The van der Waals surface area contributed by atoms with E-state index in [0.717, 1.165) is 11.8 Å². The van der Waals surface area contributed by atoms with Crippen LogP contribution in [0.1, 0.15) is 46.5 Å². The van der Waals surface area contributed by atoms with E-state index in [1.807, 2.05) is 0 Å². The number of likely N-dealkylation sites (tertiary alicyclic amines) is 1. The van der Waals surface area contributed by atoms with Crippen molar-refractivity contribution >= 4 is 11.6 Å². The first-order chi connectivity index (χ1) is 6.66. The second kappa shape index (κ2) is 5.97. The monoisotopic (exact) mass is 217 g/mol. The van der Waals surface area contributed by atoms with E-state index in [4.69, 9.17) is 11.6 Å². The van der Waals surface area contributed by atoms with Crippen LogP contribution in [0, 0.1) is 5.92 Å². The molecule has 2 atom stereocenters. The highest BCUT2D eigenvalue weighted by Crippen LogP contribution is 2.23. The molecule has 2 heteroatoms. The molecule has 0 N–H and O–H groups in total. The maximum atomic E-state index is 6.05. The van der Waals surface area contributed by atoms with Crippen molar-refractivity contribution in [2.75, 3.05) is 12.4 Å². The molecule has 1 nitrogen and oxygen atoms in total. The standard InChI is InChI=1S/C12H24ClN/c1-10(2)11(3)14-8-6-4-5-7-12(14)9-13/h10-12H,4-9H2,1-3H3. The molecule has 1 rings (SSSR count). The maximum absolute atomic E-state index is 6.05. The molecule has 0 aromatic carbocycles. The summed E-state index contributed by atoms with van der Waals surface area (Å²) in [5.41, 5.74) is 0. The predicted molar refractivity (Wildman–Crippen MR) is 64.0 cm³/mol. The van der Waals surface area contributed by atoms with Crippen LogP contribution >= 0.6 is 11.6 Å². The minimum Gasteiger partial charge on any atom is -0.296 e. The minimum absolute atomic E-state index is 0.622. The third-order valence-electron chi connectivity index (χ3n) is 3.59. The van der Waals surface area contributed by atoms with Crippen molar-refractivity contribution in [2.45, 2.75) is 58.5 Å². The molecule has 0 saturated carbocycles. The smallest absolute Gasteiger partial charge is 0.0379 e. The molecule has 0 bridgehead atoms. The zero-order chi connectivity index (χ0) is 10.6. The van der Waals surface area contributed by atoms with Gasteiger partial charge in [0.2, 0.25) is 0 Å². The Kier molecular flexibility index (Phi) is 5.25.